The summed E-state index contributed by atoms with van der Waals surface area (Å²) in [4.78, 5) is 18.4. The van der Waals surface area contributed by atoms with Crippen LogP contribution in [0.4, 0.5) is 5.69 Å². The van der Waals surface area contributed by atoms with Gasteiger partial charge in [0.15, 0.2) is 10.8 Å². The molecule has 0 fully saturated rings. The molecule has 0 bridgehead atoms. The van der Waals surface area contributed by atoms with Crippen LogP contribution in [0.1, 0.15) is 21.6 Å². The predicted molar refractivity (Wildman–Crippen MR) is 121 cm³/mol. The van der Waals surface area contributed by atoms with Crippen LogP contribution in [0.25, 0.3) is 11.5 Å². The molecule has 150 valence electrons. The second-order valence-corrected chi connectivity index (χ2v) is 8.38. The Morgan fingerprint density at radius 2 is 1.50 bits per heavy atom. The third-order valence-electron chi connectivity index (χ3n) is 4.44. The summed E-state index contributed by atoms with van der Waals surface area (Å²) in [6, 6.07) is 22.8. The zero-order valence-electron chi connectivity index (χ0n) is 16.5. The summed E-state index contributed by atoms with van der Waals surface area (Å²) >= 11 is 7.32. The maximum absolute atomic E-state index is 13.0. The van der Waals surface area contributed by atoms with E-state index in [-0.39, 0.29) is 11.6 Å². The van der Waals surface area contributed by atoms with E-state index >= 15 is 0 Å². The molecule has 0 aliphatic carbocycles. The Morgan fingerprint density at radius 3 is 2.13 bits per heavy atom. The van der Waals surface area contributed by atoms with Gasteiger partial charge in [-0.1, -0.05) is 47.0 Å². The molecule has 0 unspecified atom stereocenters. The maximum atomic E-state index is 13.0. The van der Waals surface area contributed by atoms with Gasteiger partial charge in [-0.05, 0) is 74.1 Å². The highest BCUT2D eigenvalue weighted by Gasteiger charge is 2.22. The Bertz CT molecular complexity index is 1170. The molecule has 30 heavy (non-hydrogen) atoms. The number of rotatable bonds is 5. The lowest BCUT2D eigenvalue weighted by atomic mass is 10.1. The number of halogens is 1. The summed E-state index contributed by atoms with van der Waals surface area (Å²) in [6.07, 6.45) is 0. The molecule has 1 amide bonds. The van der Waals surface area contributed by atoms with E-state index in [1.165, 1.54) is 11.8 Å². The Hall–Kier alpha value is -3.02. The van der Waals surface area contributed by atoms with Crippen molar-refractivity contribution < 1.29 is 9.21 Å². The number of nitrogens with one attached hydrogen (secondary N) is 1. The number of carbonyl (C=O) groups excluding carboxylic acids is 1. The quantitative estimate of drug-likeness (QED) is 0.366. The Labute approximate surface area is 184 Å². The number of anilines is 1. The lowest BCUT2D eigenvalue weighted by molar-refractivity contribution is 0.101. The van der Waals surface area contributed by atoms with Gasteiger partial charge in [-0.25, -0.2) is 4.98 Å². The van der Waals surface area contributed by atoms with Crippen LogP contribution in [0.15, 0.2) is 87.2 Å². The number of aryl methyl sites for hydroxylation is 2. The molecule has 0 aliphatic rings. The van der Waals surface area contributed by atoms with Crippen molar-refractivity contribution in [3.8, 4) is 11.5 Å². The first-order valence-electron chi connectivity index (χ1n) is 9.37. The molecule has 0 atom stereocenters. The van der Waals surface area contributed by atoms with Crippen LogP contribution in [-0.4, -0.2) is 10.9 Å². The van der Waals surface area contributed by atoms with Crippen molar-refractivity contribution in [1.82, 2.24) is 4.98 Å². The monoisotopic (exact) mass is 434 g/mol. The summed E-state index contributed by atoms with van der Waals surface area (Å²) in [5.74, 6) is 0.0814. The molecular formula is C24H19ClN2O2S. The maximum Gasteiger partial charge on any atom is 0.278 e. The number of oxazole rings is 1. The molecule has 0 spiro atoms. The van der Waals surface area contributed by atoms with Gasteiger partial charge in [-0.3, -0.25) is 4.79 Å². The average molecular weight is 435 g/mol. The highest BCUT2D eigenvalue weighted by Crippen LogP contribution is 2.35. The van der Waals surface area contributed by atoms with Gasteiger partial charge in [-0.2, -0.15) is 0 Å². The number of hydrogen-bond donors (Lipinski definition) is 1. The first kappa shape index (κ1) is 20.3. The molecule has 4 aromatic rings. The molecule has 4 nitrogen and oxygen atoms in total. The lowest BCUT2D eigenvalue weighted by Gasteiger charge is -2.05. The molecular weight excluding hydrogens is 416 g/mol. The fraction of sp³-hybridized carbons (Fsp3) is 0.0833. The van der Waals surface area contributed by atoms with Crippen molar-refractivity contribution >= 4 is 35.0 Å². The zero-order valence-corrected chi connectivity index (χ0v) is 18.1. The van der Waals surface area contributed by atoms with Gasteiger partial charge in [0.05, 0.1) is 0 Å². The highest BCUT2D eigenvalue weighted by molar-refractivity contribution is 7.99. The van der Waals surface area contributed by atoms with Gasteiger partial charge < -0.3 is 9.73 Å². The third-order valence-corrected chi connectivity index (χ3v) is 5.67. The number of hydrogen-bond acceptors (Lipinski definition) is 4. The second-order valence-electron chi connectivity index (χ2n) is 6.90. The van der Waals surface area contributed by atoms with Gasteiger partial charge in [0, 0.05) is 21.2 Å². The average Bonchev–Trinajstić information content (AvgIpc) is 3.16. The van der Waals surface area contributed by atoms with E-state index in [0.717, 1.165) is 21.6 Å². The Morgan fingerprint density at radius 1 is 0.900 bits per heavy atom. The van der Waals surface area contributed by atoms with Gasteiger partial charge >= 0.3 is 0 Å². The standard InChI is InChI=1S/C24H19ClN2O2S/c1-15-3-7-17(8-4-15)23-27-21(22(28)26-19-11-5-16(2)6-12-19)24(29-23)30-20-13-9-18(25)10-14-20/h3-14H,1-2H3,(H,26,28). The van der Waals surface area contributed by atoms with Gasteiger partial charge in [0.2, 0.25) is 5.89 Å². The summed E-state index contributed by atoms with van der Waals surface area (Å²) in [5, 5.41) is 3.97. The van der Waals surface area contributed by atoms with Gasteiger partial charge in [0.25, 0.3) is 5.91 Å². The summed E-state index contributed by atoms with van der Waals surface area (Å²) in [6.45, 7) is 4.01. The van der Waals surface area contributed by atoms with Crippen LogP contribution in [0.5, 0.6) is 0 Å². The predicted octanol–water partition coefficient (Wildman–Crippen LogP) is 7.02. The fourth-order valence-corrected chi connectivity index (χ4v) is 3.74. The summed E-state index contributed by atoms with van der Waals surface area (Å²) < 4.78 is 6.01. The van der Waals surface area contributed by atoms with Crippen molar-refractivity contribution in [2.24, 2.45) is 0 Å². The van der Waals surface area contributed by atoms with Gasteiger partial charge in [-0.15, -0.1) is 0 Å². The Kier molecular flexibility index (Phi) is 5.93. The largest absolute Gasteiger partial charge is 0.429 e. The van der Waals surface area contributed by atoms with Crippen LogP contribution >= 0.6 is 23.4 Å². The minimum atomic E-state index is -0.322. The summed E-state index contributed by atoms with van der Waals surface area (Å²) in [5.41, 5.74) is 4.01. The molecule has 0 aliphatic heterocycles. The first-order valence-corrected chi connectivity index (χ1v) is 10.6. The highest BCUT2D eigenvalue weighted by atomic mass is 35.5. The molecule has 4 rings (SSSR count). The minimum absolute atomic E-state index is 0.242. The lowest BCUT2D eigenvalue weighted by Crippen LogP contribution is -2.13. The molecule has 0 saturated carbocycles. The summed E-state index contributed by atoms with van der Waals surface area (Å²) in [7, 11) is 0. The molecule has 3 aromatic carbocycles. The molecule has 1 heterocycles. The fourth-order valence-electron chi connectivity index (χ4n) is 2.78. The number of carbonyl (C=O) groups is 1. The first-order chi connectivity index (χ1) is 14.5. The van der Waals surface area contributed by atoms with Crippen LogP contribution in [-0.2, 0) is 0 Å². The van der Waals surface area contributed by atoms with Gasteiger partial charge in [0.1, 0.15) is 0 Å². The normalized spacial score (nSPS) is 10.8. The SMILES string of the molecule is Cc1ccc(NC(=O)c2nc(-c3ccc(C)cc3)oc2Sc2ccc(Cl)cc2)cc1. The third kappa shape index (κ3) is 4.75. The number of aromatic nitrogens is 1. The van der Waals surface area contributed by atoms with Crippen LogP contribution < -0.4 is 5.32 Å². The zero-order chi connectivity index (χ0) is 21.1. The minimum Gasteiger partial charge on any atom is -0.429 e. The molecule has 1 N–H and O–H groups in total. The molecule has 6 heteroatoms. The van der Waals surface area contributed by atoms with Crippen molar-refractivity contribution in [2.75, 3.05) is 5.32 Å². The van der Waals surface area contributed by atoms with E-state index in [1.807, 2.05) is 74.5 Å². The number of benzene rings is 3. The van der Waals surface area contributed by atoms with Crippen molar-refractivity contribution in [3.05, 3.63) is 94.6 Å². The van der Waals surface area contributed by atoms with Crippen molar-refractivity contribution in [2.45, 2.75) is 23.8 Å². The van der Waals surface area contributed by atoms with E-state index in [2.05, 4.69) is 10.3 Å². The Balaban J connectivity index is 1.68. The number of amides is 1. The van der Waals surface area contributed by atoms with E-state index < -0.39 is 0 Å². The van der Waals surface area contributed by atoms with E-state index in [9.17, 15) is 4.79 Å². The molecule has 1 aromatic heterocycles. The second kappa shape index (κ2) is 8.78. The smallest absolute Gasteiger partial charge is 0.278 e. The van der Waals surface area contributed by atoms with Crippen LogP contribution in [0.2, 0.25) is 5.02 Å². The van der Waals surface area contributed by atoms with Crippen molar-refractivity contribution in [1.29, 1.82) is 0 Å². The van der Waals surface area contributed by atoms with E-state index in [4.69, 9.17) is 16.0 Å². The van der Waals surface area contributed by atoms with E-state index in [1.54, 1.807) is 12.1 Å². The van der Waals surface area contributed by atoms with Crippen LogP contribution in [0, 0.1) is 13.8 Å². The molecule has 0 saturated heterocycles. The topological polar surface area (TPSA) is 55.1 Å². The van der Waals surface area contributed by atoms with Crippen molar-refractivity contribution in [3.63, 3.8) is 0 Å². The molecule has 0 radical (unpaired) electrons. The van der Waals surface area contributed by atoms with E-state index in [0.29, 0.717) is 21.7 Å². The number of nitrogens with zero attached hydrogens (tertiary/aromatic N) is 1. The van der Waals surface area contributed by atoms with Crippen LogP contribution in [0.3, 0.4) is 0 Å².